The third kappa shape index (κ3) is 6.87. The van der Waals surface area contributed by atoms with Crippen LogP contribution in [0.5, 0.6) is 0 Å². The van der Waals surface area contributed by atoms with E-state index in [0.717, 1.165) is 23.7 Å². The van der Waals surface area contributed by atoms with Gasteiger partial charge in [-0.25, -0.2) is 23.1 Å². The van der Waals surface area contributed by atoms with Crippen LogP contribution in [-0.4, -0.2) is 28.5 Å². The maximum Gasteiger partial charge on any atom is 0.355 e. The number of anilines is 1. The van der Waals surface area contributed by atoms with Gasteiger partial charge in [-0.1, -0.05) is 18.2 Å². The lowest BCUT2D eigenvalue weighted by Gasteiger charge is -2.28. The first kappa shape index (κ1) is 28.4. The number of ketones is 1. The molecule has 2 aliphatic rings. The Kier molecular flexibility index (Phi) is 9.00. The number of halogens is 5. The lowest BCUT2D eigenvalue weighted by Crippen LogP contribution is -2.28. The molecule has 0 amide bonds. The standard InChI is InChI=1S/C28H34F5N3O2/c1-16(20-6-3-7-21(25(20)29)26(30)31)34-27-22-15-18(8-10-23(22)35-17(2)36-27)9-11-24(37)19-5-4-13-28(32,33)38-14-12-19/h3,6-7,16,18-19,26H,4-5,8-15H2,1-2H3,(H,34,35,36)/t16-,18?,19?/m1/s1. The van der Waals surface area contributed by atoms with Crippen molar-refractivity contribution in [1.29, 1.82) is 0 Å². The minimum absolute atomic E-state index is 0.0890. The van der Waals surface area contributed by atoms with Crippen molar-refractivity contribution in [2.75, 3.05) is 11.9 Å². The van der Waals surface area contributed by atoms with E-state index in [2.05, 4.69) is 20.0 Å². The molecular weight excluding hydrogens is 505 g/mol. The molecule has 208 valence electrons. The van der Waals surface area contributed by atoms with Crippen molar-refractivity contribution in [2.24, 2.45) is 11.8 Å². The molecule has 2 aromatic rings. The molecule has 10 heteroatoms. The lowest BCUT2D eigenvalue weighted by molar-refractivity contribution is -0.247. The second-order valence-electron chi connectivity index (χ2n) is 10.4. The van der Waals surface area contributed by atoms with Crippen LogP contribution in [0, 0.1) is 24.6 Å². The van der Waals surface area contributed by atoms with Crippen LogP contribution in [-0.2, 0) is 22.4 Å². The summed E-state index contributed by atoms with van der Waals surface area (Å²) in [7, 11) is 0. The molecule has 0 bridgehead atoms. The molecule has 1 aliphatic carbocycles. The Morgan fingerprint density at radius 3 is 2.71 bits per heavy atom. The highest BCUT2D eigenvalue weighted by atomic mass is 19.3. The van der Waals surface area contributed by atoms with Gasteiger partial charge >= 0.3 is 6.11 Å². The quantitative estimate of drug-likeness (QED) is 0.357. The fourth-order valence-electron chi connectivity index (χ4n) is 5.52. The molecule has 0 saturated carbocycles. The zero-order valence-electron chi connectivity index (χ0n) is 21.7. The Hall–Kier alpha value is -2.62. The highest BCUT2D eigenvalue weighted by molar-refractivity contribution is 5.81. The number of benzene rings is 1. The van der Waals surface area contributed by atoms with Gasteiger partial charge in [0, 0.05) is 35.6 Å². The number of aryl methyl sites for hydroxylation is 2. The summed E-state index contributed by atoms with van der Waals surface area (Å²) in [5.41, 5.74) is 1.30. The van der Waals surface area contributed by atoms with E-state index < -0.39 is 30.0 Å². The van der Waals surface area contributed by atoms with Crippen LogP contribution in [0.15, 0.2) is 18.2 Å². The molecule has 0 radical (unpaired) electrons. The minimum Gasteiger partial charge on any atom is -0.363 e. The maximum absolute atomic E-state index is 14.7. The fraction of sp³-hybridized carbons (Fsp3) is 0.607. The van der Waals surface area contributed by atoms with Crippen LogP contribution in [0.25, 0.3) is 0 Å². The molecule has 5 nitrogen and oxygen atoms in total. The first-order valence-electron chi connectivity index (χ1n) is 13.3. The number of carbonyl (C=O) groups is 1. The molecule has 2 unspecified atom stereocenters. The lowest BCUT2D eigenvalue weighted by atomic mass is 9.81. The van der Waals surface area contributed by atoms with Crippen LogP contribution < -0.4 is 5.32 Å². The first-order chi connectivity index (χ1) is 18.0. The van der Waals surface area contributed by atoms with Gasteiger partial charge < -0.3 is 10.1 Å². The third-order valence-corrected chi connectivity index (χ3v) is 7.65. The summed E-state index contributed by atoms with van der Waals surface area (Å²) in [4.78, 5) is 22.0. The summed E-state index contributed by atoms with van der Waals surface area (Å²) in [6, 6.07) is 3.37. The second-order valence-corrected chi connectivity index (χ2v) is 10.4. The van der Waals surface area contributed by atoms with Gasteiger partial charge in [0.15, 0.2) is 0 Å². The predicted molar refractivity (Wildman–Crippen MR) is 133 cm³/mol. The Bertz CT molecular complexity index is 1130. The summed E-state index contributed by atoms with van der Waals surface area (Å²) in [5.74, 6) is 0.224. The molecule has 1 fully saturated rings. The maximum atomic E-state index is 14.7. The second kappa shape index (κ2) is 12.1. The summed E-state index contributed by atoms with van der Waals surface area (Å²) >= 11 is 0. The molecule has 38 heavy (non-hydrogen) atoms. The van der Waals surface area contributed by atoms with Gasteiger partial charge in [-0.3, -0.25) is 4.79 Å². The monoisotopic (exact) mass is 539 g/mol. The number of ether oxygens (including phenoxy) is 1. The van der Waals surface area contributed by atoms with Crippen molar-refractivity contribution in [3.05, 3.63) is 52.2 Å². The number of nitrogens with one attached hydrogen (secondary N) is 1. The molecule has 1 aromatic heterocycles. The van der Waals surface area contributed by atoms with E-state index in [-0.39, 0.29) is 42.6 Å². The van der Waals surface area contributed by atoms with E-state index in [1.165, 1.54) is 12.1 Å². The molecule has 1 aliphatic heterocycles. The van der Waals surface area contributed by atoms with Crippen LogP contribution in [0.3, 0.4) is 0 Å². The number of fused-ring (bicyclic) bond motifs is 1. The van der Waals surface area contributed by atoms with Crippen LogP contribution in [0.1, 0.15) is 92.5 Å². The molecule has 1 N–H and O–H groups in total. The predicted octanol–water partition coefficient (Wildman–Crippen LogP) is 7.29. The van der Waals surface area contributed by atoms with E-state index in [4.69, 9.17) is 0 Å². The van der Waals surface area contributed by atoms with Gasteiger partial charge in [0.05, 0.1) is 18.2 Å². The molecule has 3 atom stereocenters. The highest BCUT2D eigenvalue weighted by Gasteiger charge is 2.33. The zero-order chi connectivity index (χ0) is 27.4. The number of Topliss-reactive ketones (excluding diaryl/α,β-unsaturated/α-hetero) is 1. The van der Waals surface area contributed by atoms with E-state index in [9.17, 15) is 26.7 Å². The average molecular weight is 540 g/mol. The molecule has 4 rings (SSSR count). The zero-order valence-corrected chi connectivity index (χ0v) is 21.7. The Morgan fingerprint density at radius 2 is 1.95 bits per heavy atom. The van der Waals surface area contributed by atoms with Crippen molar-refractivity contribution < 1.29 is 31.5 Å². The summed E-state index contributed by atoms with van der Waals surface area (Å²) in [6.07, 6.45) is -2.11. The third-order valence-electron chi connectivity index (χ3n) is 7.65. The number of carbonyl (C=O) groups excluding carboxylic acids is 1. The number of nitrogens with zero attached hydrogens (tertiary/aromatic N) is 2. The van der Waals surface area contributed by atoms with Crippen molar-refractivity contribution in [3.63, 3.8) is 0 Å². The summed E-state index contributed by atoms with van der Waals surface area (Å²) in [6.45, 7) is 3.35. The Labute approximate surface area is 219 Å². The highest BCUT2D eigenvalue weighted by Crippen LogP contribution is 2.35. The van der Waals surface area contributed by atoms with E-state index in [1.54, 1.807) is 13.8 Å². The van der Waals surface area contributed by atoms with Gasteiger partial charge in [-0.15, -0.1) is 0 Å². The minimum atomic E-state index is -3.11. The first-order valence-corrected chi connectivity index (χ1v) is 13.3. The largest absolute Gasteiger partial charge is 0.363 e. The fourth-order valence-corrected chi connectivity index (χ4v) is 5.52. The Balaban J connectivity index is 1.41. The molecule has 1 aromatic carbocycles. The van der Waals surface area contributed by atoms with Crippen molar-refractivity contribution in [1.82, 2.24) is 9.97 Å². The Morgan fingerprint density at radius 1 is 1.18 bits per heavy atom. The molecule has 1 saturated heterocycles. The number of hydrogen-bond acceptors (Lipinski definition) is 5. The van der Waals surface area contributed by atoms with E-state index >= 15 is 0 Å². The van der Waals surface area contributed by atoms with Gasteiger partial charge in [0.2, 0.25) is 0 Å². The van der Waals surface area contributed by atoms with E-state index in [0.29, 0.717) is 50.2 Å². The van der Waals surface area contributed by atoms with Crippen molar-refractivity contribution >= 4 is 11.6 Å². The van der Waals surface area contributed by atoms with Gasteiger partial charge in [-0.2, -0.15) is 8.78 Å². The average Bonchev–Trinajstić information content (AvgIpc) is 2.85. The van der Waals surface area contributed by atoms with Crippen molar-refractivity contribution in [2.45, 2.75) is 90.2 Å². The number of alkyl halides is 4. The summed E-state index contributed by atoms with van der Waals surface area (Å²) in [5, 5.41) is 3.21. The number of hydrogen-bond donors (Lipinski definition) is 1. The summed E-state index contributed by atoms with van der Waals surface area (Å²) < 4.78 is 72.6. The van der Waals surface area contributed by atoms with Gasteiger partial charge in [-0.05, 0) is 64.7 Å². The normalized spacial score (nSPS) is 22.3. The van der Waals surface area contributed by atoms with E-state index in [1.807, 2.05) is 0 Å². The number of rotatable bonds is 8. The SMILES string of the molecule is Cc1nc2c(c(N[C@H](C)c3cccc(C(F)F)c3F)n1)CC(CCC(=O)C1CCCC(F)(F)OCC1)CC2. The van der Waals surface area contributed by atoms with Gasteiger partial charge in [0.25, 0.3) is 6.43 Å². The van der Waals surface area contributed by atoms with Gasteiger partial charge in [0.1, 0.15) is 23.2 Å². The smallest absolute Gasteiger partial charge is 0.355 e. The molecule has 2 heterocycles. The van der Waals surface area contributed by atoms with Crippen molar-refractivity contribution in [3.8, 4) is 0 Å². The molecular formula is C28H34F5N3O2. The topological polar surface area (TPSA) is 64.1 Å². The van der Waals surface area contributed by atoms with Crippen LogP contribution in [0.2, 0.25) is 0 Å². The van der Waals surface area contributed by atoms with Crippen LogP contribution in [0.4, 0.5) is 27.8 Å². The molecule has 0 spiro atoms. The number of aromatic nitrogens is 2. The van der Waals surface area contributed by atoms with Crippen LogP contribution >= 0.6 is 0 Å².